The molecule has 2 nitrogen and oxygen atoms in total. The molecule has 0 atom stereocenters. The second kappa shape index (κ2) is 5.62. The molecule has 0 aliphatic rings. The van der Waals surface area contributed by atoms with Crippen molar-refractivity contribution < 1.29 is 9.84 Å². The Hall–Kier alpha value is -2.40. The van der Waals surface area contributed by atoms with Crippen molar-refractivity contribution in [2.75, 3.05) is 6.61 Å². The molecule has 0 saturated heterocycles. The Bertz CT molecular complexity index is 518. The van der Waals surface area contributed by atoms with Crippen molar-refractivity contribution >= 4 is 0 Å². The van der Waals surface area contributed by atoms with Crippen LogP contribution in [0.2, 0.25) is 0 Å². The van der Waals surface area contributed by atoms with E-state index in [1.165, 1.54) is 0 Å². The lowest BCUT2D eigenvalue weighted by Gasteiger charge is -1.99. The van der Waals surface area contributed by atoms with Gasteiger partial charge in [-0.3, -0.25) is 0 Å². The highest BCUT2D eigenvalue weighted by Crippen LogP contribution is 2.09. The fraction of sp³-hybridized carbons (Fsp3) is 0.0667. The first kappa shape index (κ1) is 11.1. The van der Waals surface area contributed by atoms with Crippen LogP contribution < -0.4 is 4.74 Å². The smallest absolute Gasteiger partial charge is 0.149 e. The van der Waals surface area contributed by atoms with E-state index in [1.807, 2.05) is 30.3 Å². The van der Waals surface area contributed by atoms with E-state index in [2.05, 4.69) is 11.8 Å². The summed E-state index contributed by atoms with van der Waals surface area (Å²) >= 11 is 0. The molecule has 0 fully saturated rings. The van der Waals surface area contributed by atoms with E-state index >= 15 is 0 Å². The molecule has 0 saturated carbocycles. The summed E-state index contributed by atoms with van der Waals surface area (Å²) in [7, 11) is 0. The first-order valence-corrected chi connectivity index (χ1v) is 5.30. The van der Waals surface area contributed by atoms with Gasteiger partial charge in [-0.25, -0.2) is 0 Å². The van der Waals surface area contributed by atoms with Crippen molar-refractivity contribution in [3.8, 4) is 23.3 Å². The highest BCUT2D eigenvalue weighted by molar-refractivity contribution is 5.37. The van der Waals surface area contributed by atoms with Crippen LogP contribution in [-0.2, 0) is 0 Å². The van der Waals surface area contributed by atoms with Gasteiger partial charge in [0.15, 0.2) is 0 Å². The second-order valence-corrected chi connectivity index (χ2v) is 3.45. The summed E-state index contributed by atoms with van der Waals surface area (Å²) in [5.74, 6) is 6.93. The summed E-state index contributed by atoms with van der Waals surface area (Å²) in [5, 5.41) is 9.10. The van der Waals surface area contributed by atoms with Gasteiger partial charge in [0.05, 0.1) is 0 Å². The molecule has 0 unspecified atom stereocenters. The largest absolute Gasteiger partial charge is 0.508 e. The zero-order valence-electron chi connectivity index (χ0n) is 9.26. The number of para-hydroxylation sites is 1. The van der Waals surface area contributed by atoms with Crippen LogP contribution in [0.25, 0.3) is 0 Å². The summed E-state index contributed by atoms with van der Waals surface area (Å²) in [6, 6.07) is 16.3. The van der Waals surface area contributed by atoms with E-state index in [4.69, 9.17) is 9.84 Å². The number of phenolic OH excluding ortho intramolecular Hbond substituents is 1. The molecular weight excluding hydrogens is 212 g/mol. The predicted molar refractivity (Wildman–Crippen MR) is 66.9 cm³/mol. The van der Waals surface area contributed by atoms with Gasteiger partial charge in [-0.05, 0) is 36.4 Å². The molecule has 0 radical (unpaired) electrons. The molecule has 0 spiro atoms. The summed E-state index contributed by atoms with van der Waals surface area (Å²) < 4.78 is 5.43. The van der Waals surface area contributed by atoms with Crippen LogP contribution in [0.15, 0.2) is 54.6 Å². The Morgan fingerprint density at radius 2 is 1.65 bits per heavy atom. The normalized spacial score (nSPS) is 9.18. The Morgan fingerprint density at radius 3 is 2.35 bits per heavy atom. The Kier molecular flexibility index (Phi) is 3.67. The molecule has 17 heavy (non-hydrogen) atoms. The lowest BCUT2D eigenvalue weighted by atomic mass is 10.2. The molecule has 0 aromatic heterocycles. The molecule has 0 amide bonds. The number of hydrogen-bond acceptors (Lipinski definition) is 2. The molecule has 0 bridgehead atoms. The molecule has 0 aliphatic heterocycles. The van der Waals surface area contributed by atoms with E-state index in [0.29, 0.717) is 6.61 Å². The number of hydrogen-bond donors (Lipinski definition) is 1. The number of phenols is 1. The number of rotatable bonds is 2. The van der Waals surface area contributed by atoms with E-state index in [0.717, 1.165) is 11.3 Å². The fourth-order valence-electron chi connectivity index (χ4n) is 1.32. The van der Waals surface area contributed by atoms with Crippen molar-refractivity contribution in [3.05, 3.63) is 60.2 Å². The molecular formula is C15H12O2. The van der Waals surface area contributed by atoms with Gasteiger partial charge in [-0.2, -0.15) is 0 Å². The third-order valence-electron chi connectivity index (χ3n) is 2.15. The first-order valence-electron chi connectivity index (χ1n) is 5.30. The minimum absolute atomic E-state index is 0.246. The van der Waals surface area contributed by atoms with Crippen LogP contribution in [0.4, 0.5) is 0 Å². The van der Waals surface area contributed by atoms with Crippen LogP contribution in [0.5, 0.6) is 11.5 Å². The quantitative estimate of drug-likeness (QED) is 0.795. The fourth-order valence-corrected chi connectivity index (χ4v) is 1.32. The van der Waals surface area contributed by atoms with Crippen molar-refractivity contribution in [2.24, 2.45) is 0 Å². The SMILES string of the molecule is Oc1ccc(C#CCOc2ccccc2)cc1. The molecule has 1 N–H and O–H groups in total. The van der Waals surface area contributed by atoms with Crippen molar-refractivity contribution in [3.63, 3.8) is 0 Å². The van der Waals surface area contributed by atoms with Crippen molar-refractivity contribution in [1.82, 2.24) is 0 Å². The molecule has 2 aromatic rings. The van der Waals surface area contributed by atoms with Gasteiger partial charge in [0, 0.05) is 5.56 Å². The number of aromatic hydroxyl groups is 1. The van der Waals surface area contributed by atoms with Gasteiger partial charge in [-0.1, -0.05) is 30.0 Å². The molecule has 2 heteroatoms. The summed E-state index contributed by atoms with van der Waals surface area (Å²) in [6.07, 6.45) is 0. The van der Waals surface area contributed by atoms with E-state index in [1.54, 1.807) is 24.3 Å². The zero-order chi connectivity index (χ0) is 11.9. The van der Waals surface area contributed by atoms with Crippen LogP contribution in [-0.4, -0.2) is 11.7 Å². The van der Waals surface area contributed by atoms with Gasteiger partial charge in [0.25, 0.3) is 0 Å². The Morgan fingerprint density at radius 1 is 0.941 bits per heavy atom. The van der Waals surface area contributed by atoms with Crippen LogP contribution in [0.3, 0.4) is 0 Å². The maximum atomic E-state index is 9.10. The van der Waals surface area contributed by atoms with E-state index < -0.39 is 0 Å². The average molecular weight is 224 g/mol. The molecule has 0 aliphatic carbocycles. The third kappa shape index (κ3) is 3.58. The van der Waals surface area contributed by atoms with Crippen LogP contribution in [0, 0.1) is 11.8 Å². The average Bonchev–Trinajstić information content (AvgIpc) is 2.38. The maximum absolute atomic E-state index is 9.10. The van der Waals surface area contributed by atoms with Gasteiger partial charge in [0.2, 0.25) is 0 Å². The molecule has 0 heterocycles. The van der Waals surface area contributed by atoms with Crippen LogP contribution in [0.1, 0.15) is 5.56 Å². The second-order valence-electron chi connectivity index (χ2n) is 3.45. The summed E-state index contributed by atoms with van der Waals surface area (Å²) in [6.45, 7) is 0.352. The topological polar surface area (TPSA) is 29.5 Å². The molecule has 84 valence electrons. The number of ether oxygens (including phenoxy) is 1. The zero-order valence-corrected chi connectivity index (χ0v) is 9.26. The highest BCUT2D eigenvalue weighted by Gasteiger charge is 1.88. The van der Waals surface area contributed by atoms with E-state index in [9.17, 15) is 0 Å². The van der Waals surface area contributed by atoms with E-state index in [-0.39, 0.29) is 5.75 Å². The van der Waals surface area contributed by atoms with Crippen molar-refractivity contribution in [2.45, 2.75) is 0 Å². The minimum atomic E-state index is 0.246. The Balaban J connectivity index is 1.89. The molecule has 2 aromatic carbocycles. The third-order valence-corrected chi connectivity index (χ3v) is 2.15. The molecule has 2 rings (SSSR count). The summed E-state index contributed by atoms with van der Waals surface area (Å²) in [5.41, 5.74) is 0.861. The van der Waals surface area contributed by atoms with Gasteiger partial charge >= 0.3 is 0 Å². The van der Waals surface area contributed by atoms with Gasteiger partial charge in [-0.15, -0.1) is 0 Å². The lowest BCUT2D eigenvalue weighted by molar-refractivity contribution is 0.370. The first-order chi connectivity index (χ1) is 8.34. The maximum Gasteiger partial charge on any atom is 0.149 e. The van der Waals surface area contributed by atoms with Gasteiger partial charge < -0.3 is 9.84 Å². The lowest BCUT2D eigenvalue weighted by Crippen LogP contribution is -1.93. The van der Waals surface area contributed by atoms with Crippen molar-refractivity contribution in [1.29, 1.82) is 0 Å². The number of benzene rings is 2. The standard InChI is InChI=1S/C15H12O2/c16-14-10-8-13(9-11-14)5-4-12-17-15-6-2-1-3-7-15/h1-3,6-11,16H,12H2. The minimum Gasteiger partial charge on any atom is -0.508 e. The highest BCUT2D eigenvalue weighted by atomic mass is 16.5. The van der Waals surface area contributed by atoms with Gasteiger partial charge in [0.1, 0.15) is 18.1 Å². The predicted octanol–water partition coefficient (Wildman–Crippen LogP) is 2.82. The Labute approximate surface area is 100 Å². The summed E-state index contributed by atoms with van der Waals surface area (Å²) in [4.78, 5) is 0. The van der Waals surface area contributed by atoms with Crippen LogP contribution >= 0.6 is 0 Å². The monoisotopic (exact) mass is 224 g/mol.